The van der Waals surface area contributed by atoms with E-state index in [2.05, 4.69) is 23.5 Å². The first kappa shape index (κ1) is 18.1. The second kappa shape index (κ2) is 7.35. The molecule has 1 atom stereocenters. The molecule has 4 rings (SSSR count). The lowest BCUT2D eigenvalue weighted by Gasteiger charge is -2.27. The summed E-state index contributed by atoms with van der Waals surface area (Å²) in [5.41, 5.74) is 11.7. The first-order chi connectivity index (χ1) is 13.0. The van der Waals surface area contributed by atoms with Crippen LogP contribution in [0.25, 0.3) is 11.1 Å². The van der Waals surface area contributed by atoms with Gasteiger partial charge in [-0.1, -0.05) is 53.5 Å². The molecule has 3 aromatic carbocycles. The van der Waals surface area contributed by atoms with Crippen LogP contribution in [0.2, 0.25) is 10.0 Å². The van der Waals surface area contributed by atoms with Crippen molar-refractivity contribution >= 4 is 29.1 Å². The van der Waals surface area contributed by atoms with Gasteiger partial charge in [-0.05, 0) is 58.1 Å². The molecule has 0 radical (unpaired) electrons. The number of fused-ring (bicyclic) bond motifs is 1. The lowest BCUT2D eigenvalue weighted by Crippen LogP contribution is -2.28. The molecule has 1 aliphatic rings. The number of carbonyl (C=O) groups is 1. The molecule has 0 aliphatic carbocycles. The third kappa shape index (κ3) is 3.59. The number of carbonyl (C=O) groups excluding carboxylic acids is 1. The minimum absolute atomic E-state index is 0.231. The largest absolute Gasteiger partial charge is 0.366 e. The van der Waals surface area contributed by atoms with Gasteiger partial charge >= 0.3 is 0 Å². The third-order valence-corrected chi connectivity index (χ3v) is 5.77. The molecule has 1 amide bonds. The summed E-state index contributed by atoms with van der Waals surface area (Å²) in [6.07, 6.45) is 0. The minimum Gasteiger partial charge on any atom is -0.366 e. The number of primary amides is 1. The Balaban J connectivity index is 1.69. The quantitative estimate of drug-likeness (QED) is 0.654. The Morgan fingerprint density at radius 3 is 2.37 bits per heavy atom. The Morgan fingerprint density at radius 1 is 0.926 bits per heavy atom. The summed E-state index contributed by atoms with van der Waals surface area (Å²) in [5, 5.41) is 4.63. The first-order valence-corrected chi connectivity index (χ1v) is 9.47. The Hall–Kier alpha value is -2.33. The second-order valence-electron chi connectivity index (χ2n) is 6.71. The van der Waals surface area contributed by atoms with E-state index in [9.17, 15) is 4.79 Å². The van der Waals surface area contributed by atoms with Gasteiger partial charge in [-0.3, -0.25) is 4.79 Å². The van der Waals surface area contributed by atoms with Crippen LogP contribution in [0.5, 0.6) is 0 Å². The van der Waals surface area contributed by atoms with Crippen LogP contribution >= 0.6 is 23.2 Å². The maximum atomic E-state index is 11.3. The van der Waals surface area contributed by atoms with Crippen LogP contribution in [0.15, 0.2) is 60.7 Å². The number of rotatable bonds is 3. The maximum absolute atomic E-state index is 11.3. The Kier molecular flexibility index (Phi) is 4.92. The van der Waals surface area contributed by atoms with Gasteiger partial charge in [-0.15, -0.1) is 0 Å². The molecule has 5 heteroatoms. The van der Waals surface area contributed by atoms with Gasteiger partial charge in [0.1, 0.15) is 0 Å². The molecule has 0 saturated carbocycles. The van der Waals surface area contributed by atoms with Crippen molar-refractivity contribution < 1.29 is 4.79 Å². The van der Waals surface area contributed by atoms with Gasteiger partial charge in [0.05, 0.1) is 10.0 Å². The van der Waals surface area contributed by atoms with Gasteiger partial charge in [0.2, 0.25) is 5.91 Å². The SMILES string of the molecule is NC(=O)c1ccc(-c2ccc3c(c2)CNCC3c2ccc(Cl)c(Cl)c2)cc1. The molecule has 136 valence electrons. The molecule has 1 heterocycles. The molecule has 3 N–H and O–H groups in total. The van der Waals surface area contributed by atoms with Crippen LogP contribution in [0, 0.1) is 0 Å². The molecule has 27 heavy (non-hydrogen) atoms. The van der Waals surface area contributed by atoms with E-state index in [0.29, 0.717) is 15.6 Å². The van der Waals surface area contributed by atoms with Crippen molar-refractivity contribution in [2.75, 3.05) is 6.54 Å². The summed E-state index contributed by atoms with van der Waals surface area (Å²) >= 11 is 12.3. The van der Waals surface area contributed by atoms with E-state index in [1.807, 2.05) is 30.3 Å². The summed E-state index contributed by atoms with van der Waals surface area (Å²) in [5.74, 6) is -0.185. The Labute approximate surface area is 168 Å². The van der Waals surface area contributed by atoms with E-state index >= 15 is 0 Å². The maximum Gasteiger partial charge on any atom is 0.248 e. The molecule has 0 aromatic heterocycles. The number of benzene rings is 3. The van der Waals surface area contributed by atoms with Crippen LogP contribution in [0.1, 0.15) is 33.0 Å². The molecular formula is C22H18Cl2N2O. The van der Waals surface area contributed by atoms with Gasteiger partial charge in [-0.25, -0.2) is 0 Å². The first-order valence-electron chi connectivity index (χ1n) is 8.71. The van der Waals surface area contributed by atoms with Gasteiger partial charge in [0.25, 0.3) is 0 Å². The average molecular weight is 397 g/mol. The molecule has 3 aromatic rings. The normalized spacial score (nSPS) is 16.0. The zero-order chi connectivity index (χ0) is 19.0. The fraction of sp³-hybridized carbons (Fsp3) is 0.136. The molecule has 0 saturated heterocycles. The van der Waals surface area contributed by atoms with Crippen LogP contribution in [-0.4, -0.2) is 12.5 Å². The topological polar surface area (TPSA) is 55.1 Å². The molecule has 0 spiro atoms. The van der Waals surface area contributed by atoms with Gasteiger partial charge < -0.3 is 11.1 Å². The van der Waals surface area contributed by atoms with Gasteiger partial charge in [0, 0.05) is 24.6 Å². The van der Waals surface area contributed by atoms with Crippen LogP contribution < -0.4 is 11.1 Å². The lowest BCUT2D eigenvalue weighted by atomic mass is 9.84. The minimum atomic E-state index is -0.416. The number of nitrogens with two attached hydrogens (primary N) is 1. The lowest BCUT2D eigenvalue weighted by molar-refractivity contribution is 0.100. The van der Waals surface area contributed by atoms with E-state index in [0.717, 1.165) is 29.8 Å². The highest BCUT2D eigenvalue weighted by atomic mass is 35.5. The van der Waals surface area contributed by atoms with E-state index < -0.39 is 5.91 Å². The van der Waals surface area contributed by atoms with Gasteiger partial charge in [0.15, 0.2) is 0 Å². The number of halogens is 2. The van der Waals surface area contributed by atoms with Crippen LogP contribution in [-0.2, 0) is 6.54 Å². The number of hydrogen-bond acceptors (Lipinski definition) is 2. The van der Waals surface area contributed by atoms with Crippen LogP contribution in [0.3, 0.4) is 0 Å². The van der Waals surface area contributed by atoms with E-state index in [-0.39, 0.29) is 5.92 Å². The molecular weight excluding hydrogens is 379 g/mol. The highest BCUT2D eigenvalue weighted by Gasteiger charge is 2.22. The van der Waals surface area contributed by atoms with E-state index in [1.54, 1.807) is 12.1 Å². The number of nitrogens with one attached hydrogen (secondary N) is 1. The van der Waals surface area contributed by atoms with Crippen molar-refractivity contribution in [3.63, 3.8) is 0 Å². The van der Waals surface area contributed by atoms with Crippen molar-refractivity contribution in [3.8, 4) is 11.1 Å². The number of amides is 1. The molecule has 1 unspecified atom stereocenters. The predicted octanol–water partition coefficient (Wildman–Crippen LogP) is 4.99. The average Bonchev–Trinajstić information content (AvgIpc) is 2.69. The highest BCUT2D eigenvalue weighted by molar-refractivity contribution is 6.42. The standard InChI is InChI=1S/C22H18Cl2N2O/c23-20-8-6-16(10-21(20)24)19-12-26-11-17-9-15(5-7-18(17)19)13-1-3-14(4-2-13)22(25)27/h1-10,19,26H,11-12H2,(H2,25,27). The predicted molar refractivity (Wildman–Crippen MR) is 110 cm³/mol. The van der Waals surface area contributed by atoms with Crippen molar-refractivity contribution in [3.05, 3.63) is 93.0 Å². The fourth-order valence-electron chi connectivity index (χ4n) is 3.59. The van der Waals surface area contributed by atoms with Crippen LogP contribution in [0.4, 0.5) is 0 Å². The fourth-order valence-corrected chi connectivity index (χ4v) is 3.90. The van der Waals surface area contributed by atoms with Crippen molar-refractivity contribution in [1.82, 2.24) is 5.32 Å². The summed E-state index contributed by atoms with van der Waals surface area (Å²) < 4.78 is 0. The zero-order valence-electron chi connectivity index (χ0n) is 14.5. The molecule has 0 fully saturated rings. The molecule has 3 nitrogen and oxygen atoms in total. The zero-order valence-corrected chi connectivity index (χ0v) is 16.0. The summed E-state index contributed by atoms with van der Waals surface area (Å²) in [6, 6.07) is 19.7. The summed E-state index contributed by atoms with van der Waals surface area (Å²) in [6.45, 7) is 1.68. The highest BCUT2D eigenvalue weighted by Crippen LogP contribution is 2.35. The monoisotopic (exact) mass is 396 g/mol. The van der Waals surface area contributed by atoms with Crippen molar-refractivity contribution in [1.29, 1.82) is 0 Å². The second-order valence-corrected chi connectivity index (χ2v) is 7.53. The van der Waals surface area contributed by atoms with Gasteiger partial charge in [-0.2, -0.15) is 0 Å². The van der Waals surface area contributed by atoms with Crippen molar-refractivity contribution in [2.24, 2.45) is 5.73 Å². The Morgan fingerprint density at radius 2 is 1.67 bits per heavy atom. The van der Waals surface area contributed by atoms with Crippen molar-refractivity contribution in [2.45, 2.75) is 12.5 Å². The third-order valence-electron chi connectivity index (χ3n) is 5.03. The van der Waals surface area contributed by atoms with E-state index in [4.69, 9.17) is 28.9 Å². The molecule has 0 bridgehead atoms. The molecule has 1 aliphatic heterocycles. The smallest absolute Gasteiger partial charge is 0.248 e. The summed E-state index contributed by atoms with van der Waals surface area (Å²) in [4.78, 5) is 11.3. The Bertz CT molecular complexity index is 1020. The summed E-state index contributed by atoms with van der Waals surface area (Å²) in [7, 11) is 0. The van der Waals surface area contributed by atoms with E-state index in [1.165, 1.54) is 11.1 Å². The number of hydrogen-bond donors (Lipinski definition) is 2.